The van der Waals surface area contributed by atoms with Gasteiger partial charge in [-0.05, 0) is 31.1 Å². The Hall–Kier alpha value is -1.06. The summed E-state index contributed by atoms with van der Waals surface area (Å²) >= 11 is 0. The van der Waals surface area contributed by atoms with Gasteiger partial charge in [-0.25, -0.2) is 0 Å². The summed E-state index contributed by atoms with van der Waals surface area (Å²) in [6.07, 6.45) is 6.41. The number of ether oxygens (including phenoxy) is 2. The van der Waals surface area contributed by atoms with E-state index in [1.807, 2.05) is 13.8 Å². The SMILES string of the molecule is CCC(C)C(=O)OCC1CC2CCCCC2COC1=O. The highest BCUT2D eigenvalue weighted by atomic mass is 16.5. The van der Waals surface area contributed by atoms with Crippen LogP contribution in [-0.2, 0) is 19.1 Å². The van der Waals surface area contributed by atoms with Crippen LogP contribution in [0.2, 0.25) is 0 Å². The van der Waals surface area contributed by atoms with Crippen LogP contribution in [0.4, 0.5) is 0 Å². The molecule has 2 rings (SSSR count). The van der Waals surface area contributed by atoms with Gasteiger partial charge in [-0.3, -0.25) is 9.59 Å². The molecule has 0 radical (unpaired) electrons. The van der Waals surface area contributed by atoms with Crippen LogP contribution in [-0.4, -0.2) is 25.2 Å². The van der Waals surface area contributed by atoms with Crippen molar-refractivity contribution in [2.75, 3.05) is 13.2 Å². The summed E-state index contributed by atoms with van der Waals surface area (Å²) in [5.74, 6) is 0.321. The molecule has 4 unspecified atom stereocenters. The van der Waals surface area contributed by atoms with Crippen molar-refractivity contribution in [2.24, 2.45) is 23.7 Å². The van der Waals surface area contributed by atoms with Gasteiger partial charge in [0.05, 0.1) is 18.4 Å². The lowest BCUT2D eigenvalue weighted by Gasteiger charge is -2.29. The lowest BCUT2D eigenvalue weighted by atomic mass is 9.76. The van der Waals surface area contributed by atoms with Crippen LogP contribution >= 0.6 is 0 Å². The van der Waals surface area contributed by atoms with Gasteiger partial charge < -0.3 is 9.47 Å². The van der Waals surface area contributed by atoms with Crippen LogP contribution in [0.15, 0.2) is 0 Å². The predicted molar refractivity (Wildman–Crippen MR) is 74.9 cm³/mol. The van der Waals surface area contributed by atoms with Gasteiger partial charge in [0.1, 0.15) is 6.61 Å². The molecule has 2 fully saturated rings. The molecule has 0 aromatic rings. The summed E-state index contributed by atoms with van der Waals surface area (Å²) in [6.45, 7) is 4.55. The van der Waals surface area contributed by atoms with E-state index in [1.165, 1.54) is 19.3 Å². The number of hydrogen-bond donors (Lipinski definition) is 0. The Morgan fingerprint density at radius 1 is 1.35 bits per heavy atom. The second-order valence-corrected chi connectivity index (χ2v) is 6.31. The monoisotopic (exact) mass is 282 g/mol. The van der Waals surface area contributed by atoms with Gasteiger partial charge in [0.15, 0.2) is 0 Å². The lowest BCUT2D eigenvalue weighted by Crippen LogP contribution is -2.26. The van der Waals surface area contributed by atoms with Crippen molar-refractivity contribution in [3.05, 3.63) is 0 Å². The van der Waals surface area contributed by atoms with Crippen molar-refractivity contribution in [1.29, 1.82) is 0 Å². The van der Waals surface area contributed by atoms with Gasteiger partial charge in [-0.2, -0.15) is 0 Å². The highest BCUT2D eigenvalue weighted by Crippen LogP contribution is 2.37. The molecule has 1 aliphatic carbocycles. The van der Waals surface area contributed by atoms with E-state index in [-0.39, 0.29) is 30.4 Å². The number of hydrogen-bond acceptors (Lipinski definition) is 4. The zero-order valence-corrected chi connectivity index (χ0v) is 12.6. The number of carbonyl (C=O) groups excluding carboxylic acids is 2. The van der Waals surface area contributed by atoms with E-state index < -0.39 is 0 Å². The zero-order chi connectivity index (χ0) is 14.5. The Labute approximate surface area is 121 Å². The first-order chi connectivity index (χ1) is 9.61. The highest BCUT2D eigenvalue weighted by Gasteiger charge is 2.36. The Kier molecular flexibility index (Phi) is 5.44. The summed E-state index contributed by atoms with van der Waals surface area (Å²) < 4.78 is 10.7. The largest absolute Gasteiger partial charge is 0.465 e. The van der Waals surface area contributed by atoms with Gasteiger partial charge in [-0.1, -0.05) is 33.1 Å². The van der Waals surface area contributed by atoms with Crippen molar-refractivity contribution in [1.82, 2.24) is 0 Å². The second-order valence-electron chi connectivity index (χ2n) is 6.31. The maximum absolute atomic E-state index is 12.0. The molecule has 1 aliphatic heterocycles. The van der Waals surface area contributed by atoms with E-state index >= 15 is 0 Å². The Bertz CT molecular complexity index is 352. The summed E-state index contributed by atoms with van der Waals surface area (Å²) in [6, 6.07) is 0. The average Bonchev–Trinajstić information content (AvgIpc) is 2.63. The smallest absolute Gasteiger partial charge is 0.312 e. The fraction of sp³-hybridized carbons (Fsp3) is 0.875. The minimum atomic E-state index is -0.267. The van der Waals surface area contributed by atoms with Gasteiger partial charge in [0.25, 0.3) is 0 Å². The maximum atomic E-state index is 12.0. The summed E-state index contributed by atoms with van der Waals surface area (Å²) in [4.78, 5) is 23.7. The van der Waals surface area contributed by atoms with Crippen LogP contribution in [0, 0.1) is 23.7 Å². The van der Waals surface area contributed by atoms with Gasteiger partial charge in [-0.15, -0.1) is 0 Å². The highest BCUT2D eigenvalue weighted by molar-refractivity contribution is 5.75. The Balaban J connectivity index is 1.89. The summed E-state index contributed by atoms with van der Waals surface area (Å²) in [5, 5.41) is 0. The van der Waals surface area contributed by atoms with Crippen molar-refractivity contribution in [3.63, 3.8) is 0 Å². The molecule has 4 atom stereocenters. The minimum Gasteiger partial charge on any atom is -0.465 e. The van der Waals surface area contributed by atoms with Crippen molar-refractivity contribution < 1.29 is 19.1 Å². The van der Waals surface area contributed by atoms with Crippen LogP contribution in [0.25, 0.3) is 0 Å². The van der Waals surface area contributed by atoms with E-state index in [9.17, 15) is 9.59 Å². The van der Waals surface area contributed by atoms with Crippen LogP contribution < -0.4 is 0 Å². The molecule has 4 nitrogen and oxygen atoms in total. The number of esters is 2. The molecule has 0 amide bonds. The third-order valence-corrected chi connectivity index (χ3v) is 4.87. The van der Waals surface area contributed by atoms with Crippen LogP contribution in [0.5, 0.6) is 0 Å². The molecule has 1 saturated heterocycles. The van der Waals surface area contributed by atoms with E-state index in [4.69, 9.17) is 9.47 Å². The van der Waals surface area contributed by atoms with E-state index in [1.54, 1.807) is 0 Å². The fourth-order valence-corrected chi connectivity index (χ4v) is 3.21. The topological polar surface area (TPSA) is 52.6 Å². The molecular formula is C16H26O4. The van der Waals surface area contributed by atoms with E-state index in [0.29, 0.717) is 18.4 Å². The molecule has 4 heteroatoms. The van der Waals surface area contributed by atoms with Crippen molar-refractivity contribution >= 4 is 11.9 Å². The predicted octanol–water partition coefficient (Wildman–Crippen LogP) is 2.95. The lowest BCUT2D eigenvalue weighted by molar-refractivity contribution is -0.156. The summed E-state index contributed by atoms with van der Waals surface area (Å²) in [5.41, 5.74) is 0. The first-order valence-corrected chi connectivity index (χ1v) is 7.95. The molecule has 0 spiro atoms. The van der Waals surface area contributed by atoms with Gasteiger partial charge >= 0.3 is 11.9 Å². The molecule has 1 saturated carbocycles. The Morgan fingerprint density at radius 3 is 2.75 bits per heavy atom. The van der Waals surface area contributed by atoms with Gasteiger partial charge in [0.2, 0.25) is 0 Å². The Morgan fingerprint density at radius 2 is 2.05 bits per heavy atom. The molecule has 0 N–H and O–H groups in total. The second kappa shape index (κ2) is 7.09. The number of rotatable bonds is 4. The first-order valence-electron chi connectivity index (χ1n) is 7.95. The molecule has 0 aromatic heterocycles. The fourth-order valence-electron chi connectivity index (χ4n) is 3.21. The first kappa shape index (κ1) is 15.3. The third-order valence-electron chi connectivity index (χ3n) is 4.87. The number of fused-ring (bicyclic) bond motifs is 1. The third kappa shape index (κ3) is 3.74. The normalized spacial score (nSPS) is 31.7. The molecule has 2 aliphatic rings. The van der Waals surface area contributed by atoms with Crippen molar-refractivity contribution in [3.8, 4) is 0 Å². The van der Waals surface area contributed by atoms with Crippen molar-refractivity contribution in [2.45, 2.75) is 52.4 Å². The van der Waals surface area contributed by atoms with Crippen LogP contribution in [0.3, 0.4) is 0 Å². The van der Waals surface area contributed by atoms with Crippen LogP contribution in [0.1, 0.15) is 52.4 Å². The molecule has 0 aromatic carbocycles. The number of cyclic esters (lactones) is 1. The molecule has 20 heavy (non-hydrogen) atoms. The molecule has 114 valence electrons. The van der Waals surface area contributed by atoms with E-state index in [2.05, 4.69) is 0 Å². The molecular weight excluding hydrogens is 256 g/mol. The quantitative estimate of drug-likeness (QED) is 0.744. The minimum absolute atomic E-state index is 0.0979. The summed E-state index contributed by atoms with van der Waals surface area (Å²) in [7, 11) is 0. The zero-order valence-electron chi connectivity index (χ0n) is 12.6. The van der Waals surface area contributed by atoms with Gasteiger partial charge in [0, 0.05) is 0 Å². The standard InChI is InChI=1S/C16H26O4/c1-3-11(2)15(17)19-10-14-8-12-6-4-5-7-13(12)9-20-16(14)18/h11-14H,3-10H2,1-2H3. The average molecular weight is 282 g/mol. The number of carbonyl (C=O) groups is 2. The maximum Gasteiger partial charge on any atom is 0.312 e. The molecule has 1 heterocycles. The van der Waals surface area contributed by atoms with E-state index in [0.717, 1.165) is 19.3 Å². The molecule has 0 bridgehead atoms.